The summed E-state index contributed by atoms with van der Waals surface area (Å²) >= 11 is 0. The molecule has 0 N–H and O–H groups in total. The number of aromatic nitrogens is 2. The van der Waals surface area contributed by atoms with E-state index in [2.05, 4.69) is 9.97 Å². The third-order valence-electron chi connectivity index (χ3n) is 2.85. The fourth-order valence-corrected chi connectivity index (χ4v) is 1.90. The molecule has 1 heterocycles. The summed E-state index contributed by atoms with van der Waals surface area (Å²) in [5, 5.41) is 8.95. The van der Waals surface area contributed by atoms with Gasteiger partial charge in [0.2, 0.25) is 5.95 Å². The molecule has 0 aliphatic rings. The van der Waals surface area contributed by atoms with Crippen LogP contribution in [0.3, 0.4) is 0 Å². The molecule has 20 heavy (non-hydrogen) atoms. The van der Waals surface area contributed by atoms with Crippen molar-refractivity contribution in [2.24, 2.45) is 0 Å². The molecule has 0 spiro atoms. The molecule has 0 bridgehead atoms. The van der Waals surface area contributed by atoms with Crippen LogP contribution < -0.4 is 9.64 Å². The highest BCUT2D eigenvalue weighted by Gasteiger charge is 2.08. The van der Waals surface area contributed by atoms with Gasteiger partial charge in [0.25, 0.3) is 0 Å². The first-order valence-electron chi connectivity index (χ1n) is 6.22. The first-order valence-corrected chi connectivity index (χ1v) is 6.22. The molecule has 5 heteroatoms. The van der Waals surface area contributed by atoms with Gasteiger partial charge in [0.1, 0.15) is 17.5 Å². The van der Waals surface area contributed by atoms with Crippen molar-refractivity contribution in [3.8, 4) is 11.8 Å². The highest BCUT2D eigenvalue weighted by Crippen LogP contribution is 2.16. The van der Waals surface area contributed by atoms with Crippen LogP contribution in [0.4, 0.5) is 5.95 Å². The Kier molecular flexibility index (Phi) is 4.16. The van der Waals surface area contributed by atoms with Crippen molar-refractivity contribution in [1.82, 2.24) is 9.97 Å². The Hall–Kier alpha value is -2.61. The Morgan fingerprint density at radius 3 is 2.80 bits per heavy atom. The predicted molar refractivity (Wildman–Crippen MR) is 76.6 cm³/mol. The van der Waals surface area contributed by atoms with Gasteiger partial charge < -0.3 is 9.64 Å². The van der Waals surface area contributed by atoms with E-state index >= 15 is 0 Å². The van der Waals surface area contributed by atoms with Crippen LogP contribution >= 0.6 is 0 Å². The maximum absolute atomic E-state index is 8.95. The first-order chi connectivity index (χ1) is 9.62. The number of benzene rings is 1. The molecule has 0 radical (unpaired) electrons. The SMILES string of the molecule is COc1cccc(CN(C)c2nc(C)cc(C#N)n2)c1. The lowest BCUT2D eigenvalue weighted by Gasteiger charge is -2.18. The van der Waals surface area contributed by atoms with Gasteiger partial charge in [-0.3, -0.25) is 0 Å². The lowest BCUT2D eigenvalue weighted by molar-refractivity contribution is 0.414. The quantitative estimate of drug-likeness (QED) is 0.851. The summed E-state index contributed by atoms with van der Waals surface area (Å²) in [6.07, 6.45) is 0. The summed E-state index contributed by atoms with van der Waals surface area (Å²) in [7, 11) is 3.54. The van der Waals surface area contributed by atoms with Crippen molar-refractivity contribution in [1.29, 1.82) is 5.26 Å². The number of methoxy groups -OCH3 is 1. The molecule has 0 atom stereocenters. The molecule has 1 aromatic heterocycles. The number of nitrogens with zero attached hydrogens (tertiary/aromatic N) is 4. The van der Waals surface area contributed by atoms with E-state index in [0.717, 1.165) is 17.0 Å². The fourth-order valence-electron chi connectivity index (χ4n) is 1.90. The molecule has 5 nitrogen and oxygen atoms in total. The summed E-state index contributed by atoms with van der Waals surface area (Å²) in [5.74, 6) is 1.36. The van der Waals surface area contributed by atoms with Crippen LogP contribution in [-0.4, -0.2) is 24.1 Å². The van der Waals surface area contributed by atoms with E-state index < -0.39 is 0 Å². The molecular formula is C15H16N4O. The van der Waals surface area contributed by atoms with Crippen molar-refractivity contribution < 1.29 is 4.74 Å². The lowest BCUT2D eigenvalue weighted by atomic mass is 10.2. The molecule has 0 aliphatic heterocycles. The summed E-state index contributed by atoms with van der Waals surface area (Å²) in [5.41, 5.74) is 2.25. The second kappa shape index (κ2) is 6.02. The standard InChI is InChI=1S/C15H16N4O/c1-11-7-13(9-16)18-15(17-11)19(2)10-12-5-4-6-14(8-12)20-3/h4-8H,10H2,1-3H3. The van der Waals surface area contributed by atoms with Gasteiger partial charge in [0.05, 0.1) is 7.11 Å². The molecule has 0 saturated heterocycles. The number of rotatable bonds is 4. The van der Waals surface area contributed by atoms with Gasteiger partial charge in [-0.15, -0.1) is 0 Å². The van der Waals surface area contributed by atoms with Crippen molar-refractivity contribution in [2.45, 2.75) is 13.5 Å². The van der Waals surface area contributed by atoms with Crippen LogP contribution in [0.25, 0.3) is 0 Å². The van der Waals surface area contributed by atoms with E-state index in [1.807, 2.05) is 49.2 Å². The number of anilines is 1. The second-order valence-electron chi connectivity index (χ2n) is 4.51. The summed E-state index contributed by atoms with van der Waals surface area (Å²) in [6, 6.07) is 11.5. The van der Waals surface area contributed by atoms with E-state index in [9.17, 15) is 0 Å². The van der Waals surface area contributed by atoms with Gasteiger partial charge in [-0.05, 0) is 30.7 Å². The molecular weight excluding hydrogens is 252 g/mol. The van der Waals surface area contributed by atoms with E-state index in [4.69, 9.17) is 10.00 Å². The van der Waals surface area contributed by atoms with Crippen LogP contribution in [0.2, 0.25) is 0 Å². The molecule has 0 amide bonds. The highest BCUT2D eigenvalue weighted by atomic mass is 16.5. The third-order valence-corrected chi connectivity index (χ3v) is 2.85. The Bertz CT molecular complexity index is 649. The molecule has 2 aromatic rings. The number of aryl methyl sites for hydroxylation is 1. The van der Waals surface area contributed by atoms with Crippen LogP contribution in [0.15, 0.2) is 30.3 Å². The van der Waals surface area contributed by atoms with E-state index in [1.54, 1.807) is 13.2 Å². The fraction of sp³-hybridized carbons (Fsp3) is 0.267. The number of hydrogen-bond acceptors (Lipinski definition) is 5. The summed E-state index contributed by atoms with van der Waals surface area (Å²) in [4.78, 5) is 10.5. The van der Waals surface area contributed by atoms with E-state index in [-0.39, 0.29) is 0 Å². The Morgan fingerprint density at radius 1 is 1.30 bits per heavy atom. The molecule has 0 unspecified atom stereocenters. The number of nitriles is 1. The molecule has 0 aliphatic carbocycles. The topological polar surface area (TPSA) is 62.0 Å². The van der Waals surface area contributed by atoms with Crippen molar-refractivity contribution in [3.63, 3.8) is 0 Å². The predicted octanol–water partition coefficient (Wildman–Crippen LogP) is 2.30. The minimum Gasteiger partial charge on any atom is -0.497 e. The normalized spacial score (nSPS) is 9.90. The maximum atomic E-state index is 8.95. The lowest BCUT2D eigenvalue weighted by Crippen LogP contribution is -2.19. The maximum Gasteiger partial charge on any atom is 0.226 e. The Morgan fingerprint density at radius 2 is 2.10 bits per heavy atom. The summed E-state index contributed by atoms with van der Waals surface area (Å²) < 4.78 is 5.20. The molecule has 102 valence electrons. The molecule has 2 rings (SSSR count). The Balaban J connectivity index is 2.21. The average Bonchev–Trinajstić information content (AvgIpc) is 2.46. The number of ether oxygens (including phenoxy) is 1. The molecule has 0 saturated carbocycles. The molecule has 1 aromatic carbocycles. The van der Waals surface area contributed by atoms with Gasteiger partial charge in [0.15, 0.2) is 0 Å². The van der Waals surface area contributed by atoms with Crippen molar-refractivity contribution >= 4 is 5.95 Å². The highest BCUT2D eigenvalue weighted by molar-refractivity contribution is 5.37. The summed E-state index contributed by atoms with van der Waals surface area (Å²) in [6.45, 7) is 2.50. The second-order valence-corrected chi connectivity index (χ2v) is 4.51. The van der Waals surface area contributed by atoms with E-state index in [0.29, 0.717) is 18.2 Å². The van der Waals surface area contributed by atoms with Gasteiger partial charge in [-0.2, -0.15) is 5.26 Å². The van der Waals surface area contributed by atoms with Crippen molar-refractivity contribution in [2.75, 3.05) is 19.1 Å². The number of hydrogen-bond donors (Lipinski definition) is 0. The zero-order chi connectivity index (χ0) is 14.5. The minimum absolute atomic E-state index is 0.380. The van der Waals surface area contributed by atoms with Crippen LogP contribution in [0, 0.1) is 18.3 Å². The van der Waals surface area contributed by atoms with Crippen LogP contribution in [0.5, 0.6) is 5.75 Å². The zero-order valence-electron chi connectivity index (χ0n) is 11.8. The van der Waals surface area contributed by atoms with Gasteiger partial charge in [0, 0.05) is 19.3 Å². The minimum atomic E-state index is 0.380. The largest absolute Gasteiger partial charge is 0.497 e. The van der Waals surface area contributed by atoms with Crippen molar-refractivity contribution in [3.05, 3.63) is 47.3 Å². The smallest absolute Gasteiger partial charge is 0.226 e. The van der Waals surface area contributed by atoms with E-state index in [1.165, 1.54) is 0 Å². The van der Waals surface area contributed by atoms with Gasteiger partial charge >= 0.3 is 0 Å². The molecule has 0 fully saturated rings. The zero-order valence-corrected chi connectivity index (χ0v) is 11.8. The monoisotopic (exact) mass is 268 g/mol. The van der Waals surface area contributed by atoms with Gasteiger partial charge in [-0.1, -0.05) is 12.1 Å². The Labute approximate surface area is 118 Å². The third kappa shape index (κ3) is 3.23. The van der Waals surface area contributed by atoms with Crippen LogP contribution in [-0.2, 0) is 6.54 Å². The van der Waals surface area contributed by atoms with Crippen LogP contribution in [0.1, 0.15) is 17.0 Å². The first kappa shape index (κ1) is 13.8. The average molecular weight is 268 g/mol. The van der Waals surface area contributed by atoms with Gasteiger partial charge in [-0.25, -0.2) is 9.97 Å².